The predicted octanol–water partition coefficient (Wildman–Crippen LogP) is 1.67. The van der Waals surface area contributed by atoms with Gasteiger partial charge in [-0.2, -0.15) is 0 Å². The molecule has 1 amide bonds. The lowest BCUT2D eigenvalue weighted by molar-refractivity contribution is -0.139. The van der Waals surface area contributed by atoms with Crippen LogP contribution in [0, 0.1) is 0 Å². The van der Waals surface area contributed by atoms with Crippen molar-refractivity contribution in [3.63, 3.8) is 0 Å². The molecule has 6 heteroatoms. The minimum Gasteiger partial charge on any atom is -0.497 e. The summed E-state index contributed by atoms with van der Waals surface area (Å²) in [6.07, 6.45) is 1.68. The van der Waals surface area contributed by atoms with Crippen LogP contribution in [-0.4, -0.2) is 43.6 Å². The Bertz CT molecular complexity index is 572. The topological polar surface area (TPSA) is 74.0 Å². The standard InChI is InChI=1S/C17H24N2O4/c1-17(2)22-10-13(23-17)8-9-14-15(18)16(20)19(14)11-4-6-12(21-3)7-5-11/h4-7,13-15H,8-10,18H2,1-3H3/t13-,14+,15-/m0/s1. The fourth-order valence-corrected chi connectivity index (χ4v) is 3.20. The summed E-state index contributed by atoms with van der Waals surface area (Å²) >= 11 is 0. The monoisotopic (exact) mass is 320 g/mol. The Kier molecular flexibility index (Phi) is 4.31. The first-order chi connectivity index (χ1) is 10.9. The molecule has 0 saturated carbocycles. The summed E-state index contributed by atoms with van der Waals surface area (Å²) in [4.78, 5) is 13.9. The first kappa shape index (κ1) is 16.2. The number of hydrogen-bond acceptors (Lipinski definition) is 5. The van der Waals surface area contributed by atoms with Crippen molar-refractivity contribution in [2.24, 2.45) is 5.73 Å². The molecular formula is C17H24N2O4. The molecule has 1 aromatic carbocycles. The number of ether oxygens (including phenoxy) is 3. The molecule has 23 heavy (non-hydrogen) atoms. The second kappa shape index (κ2) is 6.11. The Morgan fingerprint density at radius 1 is 1.30 bits per heavy atom. The van der Waals surface area contributed by atoms with Crippen molar-refractivity contribution in [3.05, 3.63) is 24.3 Å². The van der Waals surface area contributed by atoms with Gasteiger partial charge in [0, 0.05) is 5.69 Å². The van der Waals surface area contributed by atoms with Crippen molar-refractivity contribution in [1.29, 1.82) is 0 Å². The molecular weight excluding hydrogens is 296 g/mol. The van der Waals surface area contributed by atoms with E-state index in [-0.39, 0.29) is 18.1 Å². The second-order valence-corrected chi connectivity index (χ2v) is 6.53. The smallest absolute Gasteiger partial charge is 0.246 e. The quantitative estimate of drug-likeness (QED) is 0.835. The molecule has 0 aromatic heterocycles. The number of carbonyl (C=O) groups is 1. The van der Waals surface area contributed by atoms with Gasteiger partial charge in [0.15, 0.2) is 5.79 Å². The number of rotatable bonds is 5. The molecule has 2 aliphatic rings. The normalized spacial score (nSPS) is 29.5. The summed E-state index contributed by atoms with van der Waals surface area (Å²) in [5, 5.41) is 0. The van der Waals surface area contributed by atoms with Crippen molar-refractivity contribution in [3.8, 4) is 5.75 Å². The molecule has 2 heterocycles. The second-order valence-electron chi connectivity index (χ2n) is 6.53. The summed E-state index contributed by atoms with van der Waals surface area (Å²) in [6.45, 7) is 4.41. The number of hydrogen-bond donors (Lipinski definition) is 1. The maximum absolute atomic E-state index is 12.1. The highest BCUT2D eigenvalue weighted by Gasteiger charge is 2.46. The van der Waals surface area contributed by atoms with Crippen LogP contribution in [0.2, 0.25) is 0 Å². The van der Waals surface area contributed by atoms with Crippen LogP contribution in [0.3, 0.4) is 0 Å². The molecule has 3 rings (SSSR count). The van der Waals surface area contributed by atoms with Gasteiger partial charge in [-0.15, -0.1) is 0 Å². The number of nitrogens with two attached hydrogens (primary N) is 1. The van der Waals surface area contributed by atoms with Gasteiger partial charge in [-0.05, 0) is 51.0 Å². The summed E-state index contributed by atoms with van der Waals surface area (Å²) in [6, 6.07) is 7.03. The maximum Gasteiger partial charge on any atom is 0.246 e. The molecule has 2 fully saturated rings. The van der Waals surface area contributed by atoms with E-state index in [0.29, 0.717) is 6.61 Å². The molecule has 3 atom stereocenters. The lowest BCUT2D eigenvalue weighted by atomic mass is 9.90. The molecule has 0 spiro atoms. The van der Waals surface area contributed by atoms with Crippen LogP contribution >= 0.6 is 0 Å². The van der Waals surface area contributed by atoms with Gasteiger partial charge in [0.05, 0.1) is 25.9 Å². The SMILES string of the molecule is COc1ccc(N2C(=O)[C@@H](N)[C@H]2CC[C@H]2COC(C)(C)O2)cc1. The number of nitrogens with zero attached hydrogens (tertiary/aromatic N) is 1. The van der Waals surface area contributed by atoms with E-state index in [4.69, 9.17) is 19.9 Å². The summed E-state index contributed by atoms with van der Waals surface area (Å²) in [5.74, 6) is 0.211. The molecule has 2 N–H and O–H groups in total. The number of methoxy groups -OCH3 is 1. The van der Waals surface area contributed by atoms with E-state index in [2.05, 4.69) is 0 Å². The fraction of sp³-hybridized carbons (Fsp3) is 0.588. The van der Waals surface area contributed by atoms with E-state index >= 15 is 0 Å². The number of benzene rings is 1. The molecule has 2 aliphatic heterocycles. The zero-order valence-electron chi connectivity index (χ0n) is 13.8. The Labute approximate surface area is 136 Å². The number of carbonyl (C=O) groups excluding carboxylic acids is 1. The molecule has 6 nitrogen and oxygen atoms in total. The van der Waals surface area contributed by atoms with Gasteiger partial charge in [-0.1, -0.05) is 0 Å². The van der Waals surface area contributed by atoms with Crippen molar-refractivity contribution >= 4 is 11.6 Å². The molecule has 0 aliphatic carbocycles. The molecule has 0 bridgehead atoms. The molecule has 1 aromatic rings. The first-order valence-electron chi connectivity index (χ1n) is 7.96. The van der Waals surface area contributed by atoms with Crippen LogP contribution in [0.1, 0.15) is 26.7 Å². The Hall–Kier alpha value is -1.63. The molecule has 2 saturated heterocycles. The van der Waals surface area contributed by atoms with Gasteiger partial charge < -0.3 is 24.8 Å². The van der Waals surface area contributed by atoms with E-state index in [0.717, 1.165) is 24.3 Å². The third-order valence-corrected chi connectivity index (χ3v) is 4.47. The number of anilines is 1. The van der Waals surface area contributed by atoms with E-state index in [1.165, 1.54) is 0 Å². The highest BCUT2D eigenvalue weighted by molar-refractivity contribution is 6.05. The average Bonchev–Trinajstić information content (AvgIpc) is 2.89. The van der Waals surface area contributed by atoms with E-state index in [9.17, 15) is 4.79 Å². The Morgan fingerprint density at radius 2 is 2.00 bits per heavy atom. The minimum absolute atomic E-state index is 0.00297. The maximum atomic E-state index is 12.1. The lowest BCUT2D eigenvalue weighted by Crippen LogP contribution is -2.69. The zero-order chi connectivity index (χ0) is 16.6. The van der Waals surface area contributed by atoms with Crippen LogP contribution in [0.25, 0.3) is 0 Å². The largest absolute Gasteiger partial charge is 0.497 e. The summed E-state index contributed by atoms with van der Waals surface area (Å²) < 4.78 is 16.5. The van der Waals surface area contributed by atoms with Crippen LogP contribution in [-0.2, 0) is 14.3 Å². The van der Waals surface area contributed by atoms with Crippen molar-refractivity contribution < 1.29 is 19.0 Å². The lowest BCUT2D eigenvalue weighted by Gasteiger charge is -2.45. The summed E-state index contributed by atoms with van der Waals surface area (Å²) in [5.41, 5.74) is 6.85. The van der Waals surface area contributed by atoms with Crippen LogP contribution < -0.4 is 15.4 Å². The fourth-order valence-electron chi connectivity index (χ4n) is 3.20. The van der Waals surface area contributed by atoms with E-state index in [1.54, 1.807) is 12.0 Å². The molecule has 0 unspecified atom stereocenters. The summed E-state index contributed by atoms with van der Waals surface area (Å²) in [7, 11) is 1.62. The predicted molar refractivity (Wildman–Crippen MR) is 86.4 cm³/mol. The van der Waals surface area contributed by atoms with Gasteiger partial charge in [0.1, 0.15) is 11.8 Å². The molecule has 0 radical (unpaired) electrons. The van der Waals surface area contributed by atoms with Gasteiger partial charge >= 0.3 is 0 Å². The van der Waals surface area contributed by atoms with Crippen LogP contribution in [0.4, 0.5) is 5.69 Å². The Balaban J connectivity index is 1.62. The van der Waals surface area contributed by atoms with Crippen molar-refractivity contribution in [1.82, 2.24) is 0 Å². The van der Waals surface area contributed by atoms with E-state index in [1.807, 2.05) is 38.1 Å². The van der Waals surface area contributed by atoms with Crippen molar-refractivity contribution in [2.45, 2.75) is 50.7 Å². The van der Waals surface area contributed by atoms with Gasteiger partial charge in [-0.3, -0.25) is 4.79 Å². The third kappa shape index (κ3) is 3.20. The van der Waals surface area contributed by atoms with Crippen LogP contribution in [0.5, 0.6) is 5.75 Å². The van der Waals surface area contributed by atoms with Crippen molar-refractivity contribution in [2.75, 3.05) is 18.6 Å². The van der Waals surface area contributed by atoms with Gasteiger partial charge in [-0.25, -0.2) is 0 Å². The Morgan fingerprint density at radius 3 is 2.57 bits per heavy atom. The minimum atomic E-state index is -0.516. The highest BCUT2D eigenvalue weighted by atomic mass is 16.7. The van der Waals surface area contributed by atoms with Crippen LogP contribution in [0.15, 0.2) is 24.3 Å². The average molecular weight is 320 g/mol. The first-order valence-corrected chi connectivity index (χ1v) is 7.96. The number of β-lactam (4-membered cyclic amide) rings is 1. The van der Waals surface area contributed by atoms with E-state index < -0.39 is 11.8 Å². The number of amides is 1. The van der Waals surface area contributed by atoms with Gasteiger partial charge in [0.25, 0.3) is 0 Å². The zero-order valence-corrected chi connectivity index (χ0v) is 13.8. The third-order valence-electron chi connectivity index (χ3n) is 4.47. The highest BCUT2D eigenvalue weighted by Crippen LogP contribution is 2.33. The molecule has 126 valence electrons. The van der Waals surface area contributed by atoms with Gasteiger partial charge in [0.2, 0.25) is 5.91 Å².